The fourth-order valence-electron chi connectivity index (χ4n) is 2.60. The molecule has 1 aliphatic carbocycles. The van der Waals surface area contributed by atoms with Crippen LogP contribution in [-0.4, -0.2) is 45.9 Å². The zero-order chi connectivity index (χ0) is 15.0. The van der Waals surface area contributed by atoms with Crippen molar-refractivity contribution in [3.05, 3.63) is 24.0 Å². The lowest BCUT2D eigenvalue weighted by Crippen LogP contribution is -2.37. The molecule has 0 radical (unpaired) electrons. The SMILES string of the molecule is C=C(c1cc(C(C)=O)[nH]n1)N1CCC(NC(=O)C2CC2)C1. The molecule has 0 aromatic carbocycles. The summed E-state index contributed by atoms with van der Waals surface area (Å²) in [6, 6.07) is 1.90. The van der Waals surface area contributed by atoms with E-state index in [0.29, 0.717) is 11.4 Å². The van der Waals surface area contributed by atoms with E-state index in [-0.39, 0.29) is 23.7 Å². The van der Waals surface area contributed by atoms with E-state index in [2.05, 4.69) is 27.0 Å². The summed E-state index contributed by atoms with van der Waals surface area (Å²) in [5, 5.41) is 9.95. The summed E-state index contributed by atoms with van der Waals surface area (Å²) in [5.74, 6) is 0.385. The van der Waals surface area contributed by atoms with Gasteiger partial charge in [0, 0.05) is 32.0 Å². The summed E-state index contributed by atoms with van der Waals surface area (Å²) in [6.45, 7) is 7.15. The summed E-state index contributed by atoms with van der Waals surface area (Å²) in [7, 11) is 0. The molecule has 21 heavy (non-hydrogen) atoms. The van der Waals surface area contributed by atoms with Crippen molar-refractivity contribution in [2.75, 3.05) is 13.1 Å². The van der Waals surface area contributed by atoms with Crippen molar-refractivity contribution >= 4 is 17.4 Å². The molecule has 2 aliphatic rings. The summed E-state index contributed by atoms with van der Waals surface area (Å²) in [5.41, 5.74) is 1.97. The second-order valence-electron chi connectivity index (χ2n) is 5.88. The monoisotopic (exact) mass is 288 g/mol. The van der Waals surface area contributed by atoms with Crippen LogP contribution in [0, 0.1) is 5.92 Å². The smallest absolute Gasteiger partial charge is 0.223 e. The normalized spacial score (nSPS) is 21.4. The van der Waals surface area contributed by atoms with Crippen LogP contribution < -0.4 is 5.32 Å². The first-order valence-corrected chi connectivity index (χ1v) is 7.35. The Bertz CT molecular complexity index is 588. The number of nitrogens with zero attached hydrogens (tertiary/aromatic N) is 2. The lowest BCUT2D eigenvalue weighted by atomic mass is 10.2. The zero-order valence-electron chi connectivity index (χ0n) is 12.2. The van der Waals surface area contributed by atoms with Crippen molar-refractivity contribution in [1.29, 1.82) is 0 Å². The fourth-order valence-corrected chi connectivity index (χ4v) is 2.60. The molecule has 2 heterocycles. The fraction of sp³-hybridized carbons (Fsp3) is 0.533. The highest BCUT2D eigenvalue weighted by Crippen LogP contribution is 2.29. The standard InChI is InChI=1S/C15H20N4O2/c1-9(13-7-14(10(2)20)18-17-13)19-6-5-12(8-19)16-15(21)11-3-4-11/h7,11-12H,1,3-6,8H2,2H3,(H,16,21)(H,17,18). The Morgan fingerprint density at radius 1 is 1.43 bits per heavy atom. The van der Waals surface area contributed by atoms with Crippen LogP contribution in [0.5, 0.6) is 0 Å². The maximum atomic E-state index is 11.8. The molecule has 1 aromatic heterocycles. The van der Waals surface area contributed by atoms with Crippen LogP contribution in [0.1, 0.15) is 42.4 Å². The molecular weight excluding hydrogens is 268 g/mol. The number of Topliss-reactive ketones (excluding diaryl/α,β-unsaturated/α-hetero) is 1. The molecule has 2 fully saturated rings. The molecule has 1 aliphatic heterocycles. The maximum Gasteiger partial charge on any atom is 0.223 e. The Kier molecular flexibility index (Phi) is 3.53. The number of rotatable bonds is 5. The van der Waals surface area contributed by atoms with Gasteiger partial charge in [0.15, 0.2) is 5.78 Å². The molecule has 2 N–H and O–H groups in total. The van der Waals surface area contributed by atoms with Crippen molar-refractivity contribution in [2.24, 2.45) is 5.92 Å². The van der Waals surface area contributed by atoms with Crippen LogP contribution in [-0.2, 0) is 4.79 Å². The number of hydrogen-bond donors (Lipinski definition) is 2. The van der Waals surface area contributed by atoms with E-state index in [1.165, 1.54) is 6.92 Å². The molecule has 6 heteroatoms. The zero-order valence-corrected chi connectivity index (χ0v) is 12.2. The molecule has 112 valence electrons. The van der Waals surface area contributed by atoms with Crippen LogP contribution in [0.15, 0.2) is 12.6 Å². The Labute approximate surface area is 123 Å². The third-order valence-electron chi connectivity index (χ3n) is 4.12. The van der Waals surface area contributed by atoms with Crippen LogP contribution in [0.3, 0.4) is 0 Å². The number of carbonyl (C=O) groups excluding carboxylic acids is 2. The van der Waals surface area contributed by atoms with Gasteiger partial charge in [-0.25, -0.2) is 0 Å². The van der Waals surface area contributed by atoms with Gasteiger partial charge in [-0.3, -0.25) is 14.7 Å². The summed E-state index contributed by atoms with van der Waals surface area (Å²) < 4.78 is 0. The Morgan fingerprint density at radius 2 is 2.19 bits per heavy atom. The number of aromatic amines is 1. The highest BCUT2D eigenvalue weighted by Gasteiger charge is 2.33. The lowest BCUT2D eigenvalue weighted by Gasteiger charge is -2.20. The second kappa shape index (κ2) is 5.35. The minimum atomic E-state index is -0.0439. The number of likely N-dealkylation sites (tertiary alicyclic amines) is 1. The van der Waals surface area contributed by atoms with Crippen molar-refractivity contribution in [1.82, 2.24) is 20.4 Å². The van der Waals surface area contributed by atoms with E-state index in [9.17, 15) is 9.59 Å². The van der Waals surface area contributed by atoms with E-state index in [4.69, 9.17) is 0 Å². The van der Waals surface area contributed by atoms with Crippen LogP contribution in [0.25, 0.3) is 5.70 Å². The molecule has 1 unspecified atom stereocenters. The molecule has 1 aromatic rings. The number of amides is 1. The molecular formula is C15H20N4O2. The molecule has 3 rings (SSSR count). The minimum absolute atomic E-state index is 0.0439. The number of hydrogen-bond acceptors (Lipinski definition) is 4. The van der Waals surface area contributed by atoms with Gasteiger partial charge in [-0.1, -0.05) is 6.58 Å². The molecule has 0 bridgehead atoms. The van der Waals surface area contributed by atoms with Gasteiger partial charge in [-0.2, -0.15) is 5.10 Å². The van der Waals surface area contributed by atoms with Gasteiger partial charge in [0.2, 0.25) is 5.91 Å². The number of carbonyl (C=O) groups is 2. The highest BCUT2D eigenvalue weighted by molar-refractivity contribution is 5.92. The second-order valence-corrected chi connectivity index (χ2v) is 5.88. The summed E-state index contributed by atoms with van der Waals surface area (Å²) in [4.78, 5) is 25.2. The number of H-pyrrole nitrogens is 1. The number of ketones is 1. The van der Waals surface area contributed by atoms with Gasteiger partial charge in [-0.05, 0) is 25.3 Å². The molecule has 1 saturated heterocycles. The molecule has 1 saturated carbocycles. The Balaban J connectivity index is 1.58. The van der Waals surface area contributed by atoms with E-state index >= 15 is 0 Å². The van der Waals surface area contributed by atoms with Gasteiger partial charge >= 0.3 is 0 Å². The molecule has 1 amide bonds. The van der Waals surface area contributed by atoms with Gasteiger partial charge in [0.1, 0.15) is 11.4 Å². The number of nitrogens with one attached hydrogen (secondary N) is 2. The molecule has 6 nitrogen and oxygen atoms in total. The Morgan fingerprint density at radius 3 is 2.81 bits per heavy atom. The summed E-state index contributed by atoms with van der Waals surface area (Å²) in [6.07, 6.45) is 2.97. The first kappa shape index (κ1) is 13.9. The van der Waals surface area contributed by atoms with Gasteiger partial charge in [-0.15, -0.1) is 0 Å². The van der Waals surface area contributed by atoms with E-state index in [1.54, 1.807) is 6.07 Å². The Hall–Kier alpha value is -2.11. The molecule has 1 atom stereocenters. The first-order valence-electron chi connectivity index (χ1n) is 7.35. The predicted molar refractivity (Wildman–Crippen MR) is 78.5 cm³/mol. The minimum Gasteiger partial charge on any atom is -0.368 e. The maximum absolute atomic E-state index is 11.8. The largest absolute Gasteiger partial charge is 0.368 e. The quantitative estimate of drug-likeness (QED) is 0.798. The van der Waals surface area contributed by atoms with Crippen molar-refractivity contribution in [3.8, 4) is 0 Å². The highest BCUT2D eigenvalue weighted by atomic mass is 16.2. The van der Waals surface area contributed by atoms with Crippen LogP contribution >= 0.6 is 0 Å². The number of aromatic nitrogens is 2. The topological polar surface area (TPSA) is 78.1 Å². The lowest BCUT2D eigenvalue weighted by molar-refractivity contribution is -0.122. The molecule has 0 spiro atoms. The summed E-state index contributed by atoms with van der Waals surface area (Å²) >= 11 is 0. The van der Waals surface area contributed by atoms with Crippen LogP contribution in [0.4, 0.5) is 0 Å². The van der Waals surface area contributed by atoms with E-state index < -0.39 is 0 Å². The average Bonchev–Trinajstić information content (AvgIpc) is 3.01. The van der Waals surface area contributed by atoms with Gasteiger partial charge < -0.3 is 10.2 Å². The first-order chi connectivity index (χ1) is 10.0. The van der Waals surface area contributed by atoms with Crippen molar-refractivity contribution < 1.29 is 9.59 Å². The van der Waals surface area contributed by atoms with Gasteiger partial charge in [0.25, 0.3) is 0 Å². The van der Waals surface area contributed by atoms with Crippen molar-refractivity contribution in [3.63, 3.8) is 0 Å². The third-order valence-corrected chi connectivity index (χ3v) is 4.12. The van der Waals surface area contributed by atoms with E-state index in [0.717, 1.165) is 38.0 Å². The third kappa shape index (κ3) is 2.99. The average molecular weight is 288 g/mol. The van der Waals surface area contributed by atoms with Gasteiger partial charge in [0.05, 0.1) is 5.70 Å². The predicted octanol–water partition coefficient (Wildman–Crippen LogP) is 1.18. The van der Waals surface area contributed by atoms with Crippen molar-refractivity contribution in [2.45, 2.75) is 32.2 Å². The van der Waals surface area contributed by atoms with Crippen LogP contribution in [0.2, 0.25) is 0 Å². The van der Waals surface area contributed by atoms with E-state index in [1.807, 2.05) is 0 Å².